The average molecular weight is 491 g/mol. The van der Waals surface area contributed by atoms with Gasteiger partial charge in [-0.3, -0.25) is 19.4 Å². The molecule has 0 aromatic heterocycles. The predicted octanol–water partition coefficient (Wildman–Crippen LogP) is 4.40. The molecular weight excluding hydrogens is 455 g/mol. The number of nitrogens with one attached hydrogen (secondary N) is 1. The van der Waals surface area contributed by atoms with Crippen LogP contribution in [0.25, 0.3) is 0 Å². The number of likely N-dealkylation sites (tertiary alicyclic amines) is 1. The van der Waals surface area contributed by atoms with Crippen LogP contribution in [0.3, 0.4) is 0 Å². The van der Waals surface area contributed by atoms with Crippen molar-refractivity contribution in [2.24, 2.45) is 0 Å². The van der Waals surface area contributed by atoms with Gasteiger partial charge in [-0.15, -0.1) is 6.58 Å². The molecule has 1 fully saturated rings. The smallest absolute Gasteiger partial charge is 0.219 e. The van der Waals surface area contributed by atoms with Gasteiger partial charge in [-0.05, 0) is 74.1 Å². The SMILES string of the molecule is C=CC(CCC(=O)NC)N(C)Cc1cc(C2CCN(Cc3ccc(F)c(C#N)c3)CC2)ccc1C=O. The lowest BCUT2D eigenvalue weighted by molar-refractivity contribution is -0.120. The number of piperidine rings is 1. The third-order valence-corrected chi connectivity index (χ3v) is 7.11. The molecule has 1 amide bonds. The summed E-state index contributed by atoms with van der Waals surface area (Å²) in [5.74, 6) is -0.0782. The molecular formula is C29H35FN4O2. The minimum Gasteiger partial charge on any atom is -0.359 e. The molecule has 0 aliphatic carbocycles. The van der Waals surface area contributed by atoms with Crippen molar-refractivity contribution in [2.75, 3.05) is 27.2 Å². The Labute approximate surface area is 213 Å². The van der Waals surface area contributed by atoms with Crippen molar-refractivity contribution in [3.63, 3.8) is 0 Å². The van der Waals surface area contributed by atoms with Crippen LogP contribution >= 0.6 is 0 Å². The fourth-order valence-corrected chi connectivity index (χ4v) is 4.88. The minimum atomic E-state index is -0.481. The largest absolute Gasteiger partial charge is 0.359 e. The van der Waals surface area contributed by atoms with E-state index in [4.69, 9.17) is 5.26 Å². The third kappa shape index (κ3) is 7.09. The maximum atomic E-state index is 13.6. The number of hydrogen-bond acceptors (Lipinski definition) is 5. The van der Waals surface area contributed by atoms with Gasteiger partial charge in [0.05, 0.1) is 5.56 Å². The highest BCUT2D eigenvalue weighted by molar-refractivity contribution is 5.77. The monoisotopic (exact) mass is 490 g/mol. The van der Waals surface area contributed by atoms with Crippen LogP contribution in [0.5, 0.6) is 0 Å². The topological polar surface area (TPSA) is 76.4 Å². The van der Waals surface area contributed by atoms with Crippen LogP contribution in [0, 0.1) is 17.1 Å². The maximum Gasteiger partial charge on any atom is 0.219 e. The summed E-state index contributed by atoms with van der Waals surface area (Å²) in [6.45, 7) is 7.04. The lowest BCUT2D eigenvalue weighted by Gasteiger charge is -2.33. The summed E-state index contributed by atoms with van der Waals surface area (Å²) >= 11 is 0. The van der Waals surface area contributed by atoms with Gasteiger partial charge < -0.3 is 5.32 Å². The van der Waals surface area contributed by atoms with Crippen LogP contribution in [-0.4, -0.2) is 55.2 Å². The number of likely N-dealkylation sites (N-methyl/N-ethyl adjacent to an activating group) is 1. The number of nitriles is 1. The molecule has 1 N–H and O–H groups in total. The van der Waals surface area contributed by atoms with Crippen molar-refractivity contribution in [1.29, 1.82) is 5.26 Å². The number of rotatable bonds is 11. The Morgan fingerprint density at radius 2 is 2.06 bits per heavy atom. The molecule has 1 aliphatic rings. The van der Waals surface area contributed by atoms with Gasteiger partial charge in [0.2, 0.25) is 5.91 Å². The van der Waals surface area contributed by atoms with E-state index in [2.05, 4.69) is 33.8 Å². The molecule has 2 aromatic carbocycles. The van der Waals surface area contributed by atoms with Crippen molar-refractivity contribution < 1.29 is 14.0 Å². The van der Waals surface area contributed by atoms with E-state index in [9.17, 15) is 14.0 Å². The second-order valence-electron chi connectivity index (χ2n) is 9.48. The number of carbonyl (C=O) groups is 2. The highest BCUT2D eigenvalue weighted by atomic mass is 19.1. The number of carbonyl (C=O) groups excluding carboxylic acids is 2. The molecule has 0 bridgehead atoms. The van der Waals surface area contributed by atoms with Crippen molar-refractivity contribution in [3.05, 3.63) is 82.7 Å². The Morgan fingerprint density at radius 3 is 2.69 bits per heavy atom. The summed E-state index contributed by atoms with van der Waals surface area (Å²) in [4.78, 5) is 27.9. The van der Waals surface area contributed by atoms with Crippen molar-refractivity contribution in [1.82, 2.24) is 15.1 Å². The quantitative estimate of drug-likeness (QED) is 0.373. The standard InChI is InChI=1S/C29H35FN4O2/c1-4-27(8-10-29(36)32-2)33(3)19-26-16-23(6-7-24(26)20-35)22-11-13-34(14-12-22)18-21-5-9-28(30)25(15-21)17-31/h4-7,9,15-16,20,22,27H,1,8,10-14,18-19H2,2-3H3,(H,32,36). The van der Waals surface area contributed by atoms with E-state index in [0.29, 0.717) is 37.4 Å². The lowest BCUT2D eigenvalue weighted by atomic mass is 9.87. The number of benzene rings is 2. The molecule has 7 heteroatoms. The van der Waals surface area contributed by atoms with Crippen LogP contribution in [0.4, 0.5) is 4.39 Å². The first-order valence-electron chi connectivity index (χ1n) is 12.4. The van der Waals surface area contributed by atoms with Crippen LogP contribution in [0.1, 0.15) is 64.2 Å². The van der Waals surface area contributed by atoms with E-state index in [1.807, 2.05) is 25.3 Å². The molecule has 0 spiro atoms. The van der Waals surface area contributed by atoms with Gasteiger partial charge in [-0.2, -0.15) is 5.26 Å². The van der Waals surface area contributed by atoms with Crippen molar-refractivity contribution >= 4 is 12.2 Å². The fourth-order valence-electron chi connectivity index (χ4n) is 4.88. The molecule has 36 heavy (non-hydrogen) atoms. The molecule has 1 atom stereocenters. The third-order valence-electron chi connectivity index (χ3n) is 7.11. The molecule has 3 rings (SSSR count). The van der Waals surface area contributed by atoms with E-state index in [0.717, 1.165) is 43.3 Å². The number of nitrogens with zero attached hydrogens (tertiary/aromatic N) is 3. The molecule has 1 aliphatic heterocycles. The zero-order valence-electron chi connectivity index (χ0n) is 21.2. The summed E-state index contributed by atoms with van der Waals surface area (Å²) in [5, 5.41) is 11.7. The molecule has 1 heterocycles. The second kappa shape index (κ2) is 13.1. The zero-order chi connectivity index (χ0) is 26.1. The molecule has 2 aromatic rings. The van der Waals surface area contributed by atoms with E-state index < -0.39 is 5.82 Å². The second-order valence-corrected chi connectivity index (χ2v) is 9.48. The van der Waals surface area contributed by atoms with Gasteiger partial charge in [0.1, 0.15) is 18.2 Å². The number of hydrogen-bond donors (Lipinski definition) is 1. The highest BCUT2D eigenvalue weighted by Gasteiger charge is 2.22. The van der Waals surface area contributed by atoms with Gasteiger partial charge in [-0.1, -0.05) is 30.3 Å². The van der Waals surface area contributed by atoms with Crippen LogP contribution in [0.15, 0.2) is 49.1 Å². The first-order valence-corrected chi connectivity index (χ1v) is 12.4. The molecule has 190 valence electrons. The summed E-state index contributed by atoms with van der Waals surface area (Å²) in [6, 6.07) is 12.8. The first-order chi connectivity index (χ1) is 17.4. The molecule has 0 radical (unpaired) electrons. The van der Waals surface area contributed by atoms with Gasteiger partial charge in [0.15, 0.2) is 0 Å². The molecule has 6 nitrogen and oxygen atoms in total. The number of amides is 1. The Balaban J connectivity index is 1.63. The normalized spacial score (nSPS) is 15.3. The summed E-state index contributed by atoms with van der Waals surface area (Å²) < 4.78 is 13.6. The maximum absolute atomic E-state index is 13.6. The Morgan fingerprint density at radius 1 is 1.31 bits per heavy atom. The van der Waals surface area contributed by atoms with E-state index in [1.54, 1.807) is 19.2 Å². The van der Waals surface area contributed by atoms with E-state index in [-0.39, 0.29) is 17.5 Å². The zero-order valence-corrected chi connectivity index (χ0v) is 21.2. The fraction of sp³-hybridized carbons (Fsp3) is 0.414. The Bertz CT molecular complexity index is 1120. The molecule has 0 saturated carbocycles. The molecule has 1 unspecified atom stereocenters. The minimum absolute atomic E-state index is 0.00195. The van der Waals surface area contributed by atoms with Crippen LogP contribution in [0.2, 0.25) is 0 Å². The number of aldehydes is 1. The first kappa shape index (κ1) is 27.3. The van der Waals surface area contributed by atoms with Crippen molar-refractivity contribution in [3.8, 4) is 6.07 Å². The van der Waals surface area contributed by atoms with Gasteiger partial charge >= 0.3 is 0 Å². The Hall–Kier alpha value is -3.34. The van der Waals surface area contributed by atoms with E-state index >= 15 is 0 Å². The summed E-state index contributed by atoms with van der Waals surface area (Å²) in [6.07, 6.45) is 5.82. The van der Waals surface area contributed by atoms with Gasteiger partial charge in [0, 0.05) is 38.2 Å². The summed E-state index contributed by atoms with van der Waals surface area (Å²) in [7, 11) is 3.62. The highest BCUT2D eigenvalue weighted by Crippen LogP contribution is 2.30. The Kier molecular flexibility index (Phi) is 9.92. The predicted molar refractivity (Wildman–Crippen MR) is 139 cm³/mol. The number of halogens is 1. The van der Waals surface area contributed by atoms with E-state index in [1.165, 1.54) is 11.6 Å². The average Bonchev–Trinajstić information content (AvgIpc) is 2.90. The van der Waals surface area contributed by atoms with Crippen LogP contribution in [-0.2, 0) is 17.9 Å². The molecule has 1 saturated heterocycles. The summed E-state index contributed by atoms with van der Waals surface area (Å²) in [5.41, 5.74) is 3.93. The van der Waals surface area contributed by atoms with Crippen molar-refractivity contribution in [2.45, 2.75) is 50.7 Å². The van der Waals surface area contributed by atoms with Gasteiger partial charge in [0.25, 0.3) is 0 Å². The lowest BCUT2D eigenvalue weighted by Crippen LogP contribution is -2.33. The van der Waals surface area contributed by atoms with Crippen LogP contribution < -0.4 is 5.32 Å². The van der Waals surface area contributed by atoms with Gasteiger partial charge in [-0.25, -0.2) is 4.39 Å².